The van der Waals surface area contributed by atoms with Gasteiger partial charge in [-0.1, -0.05) is 13.3 Å². The summed E-state index contributed by atoms with van der Waals surface area (Å²) in [6, 6.07) is 0. The number of aromatic hydroxyl groups is 1. The lowest BCUT2D eigenvalue weighted by Gasteiger charge is -2.00. The molecule has 0 aromatic carbocycles. The third kappa shape index (κ3) is 1.64. The molecule has 0 unspecified atom stereocenters. The third-order valence-electron chi connectivity index (χ3n) is 1.61. The maximum atomic E-state index is 11.2. The van der Waals surface area contributed by atoms with E-state index in [0.29, 0.717) is 17.8 Å². The second-order valence-corrected chi connectivity index (χ2v) is 2.70. The summed E-state index contributed by atoms with van der Waals surface area (Å²) in [7, 11) is 0. The van der Waals surface area contributed by atoms with Crippen LogP contribution in [0.25, 0.3) is 0 Å². The van der Waals surface area contributed by atoms with Gasteiger partial charge in [0.25, 0.3) is 5.56 Å². The summed E-state index contributed by atoms with van der Waals surface area (Å²) in [6.07, 6.45) is 1.38. The molecule has 0 saturated carbocycles. The predicted molar refractivity (Wildman–Crippen MR) is 45.3 cm³/mol. The molecule has 4 nitrogen and oxygen atoms in total. The second kappa shape index (κ2) is 3.38. The van der Waals surface area contributed by atoms with Crippen LogP contribution in [0.15, 0.2) is 4.79 Å². The summed E-state index contributed by atoms with van der Waals surface area (Å²) >= 11 is 0. The molecule has 0 amide bonds. The van der Waals surface area contributed by atoms with Crippen molar-refractivity contribution in [1.82, 2.24) is 9.97 Å². The molecule has 0 aliphatic heterocycles. The highest BCUT2D eigenvalue weighted by Gasteiger charge is 2.06. The van der Waals surface area contributed by atoms with E-state index in [0.717, 1.165) is 6.42 Å². The Morgan fingerprint density at radius 2 is 2.25 bits per heavy atom. The molecule has 0 spiro atoms. The topological polar surface area (TPSA) is 66.0 Å². The number of nitrogens with zero attached hydrogens (tertiary/aromatic N) is 1. The molecule has 0 aliphatic rings. The van der Waals surface area contributed by atoms with Gasteiger partial charge >= 0.3 is 0 Å². The van der Waals surface area contributed by atoms with Crippen LogP contribution < -0.4 is 5.56 Å². The molecule has 12 heavy (non-hydrogen) atoms. The molecular formula is C8H12N2O2. The van der Waals surface area contributed by atoms with E-state index < -0.39 is 0 Å². The molecule has 0 saturated heterocycles. The van der Waals surface area contributed by atoms with Crippen LogP contribution in [0.1, 0.15) is 24.7 Å². The Morgan fingerprint density at radius 3 is 2.75 bits per heavy atom. The maximum Gasteiger partial charge on any atom is 0.257 e. The van der Waals surface area contributed by atoms with Crippen LogP contribution in [0.4, 0.5) is 0 Å². The average molecular weight is 168 g/mol. The van der Waals surface area contributed by atoms with E-state index in [1.165, 1.54) is 0 Å². The fourth-order valence-corrected chi connectivity index (χ4v) is 1.07. The molecule has 1 rings (SSSR count). The first-order valence-electron chi connectivity index (χ1n) is 3.94. The Hall–Kier alpha value is -1.32. The van der Waals surface area contributed by atoms with Gasteiger partial charge in [-0.15, -0.1) is 0 Å². The van der Waals surface area contributed by atoms with Crippen LogP contribution in [0, 0.1) is 6.92 Å². The normalized spacial score (nSPS) is 10.2. The zero-order valence-corrected chi connectivity index (χ0v) is 7.22. The van der Waals surface area contributed by atoms with Gasteiger partial charge in [0.05, 0.1) is 5.56 Å². The highest BCUT2D eigenvalue weighted by molar-refractivity contribution is 5.22. The lowest BCUT2D eigenvalue weighted by atomic mass is 10.2. The van der Waals surface area contributed by atoms with E-state index in [-0.39, 0.29) is 11.4 Å². The van der Waals surface area contributed by atoms with Gasteiger partial charge in [0.2, 0.25) is 5.88 Å². The first kappa shape index (κ1) is 8.77. The zero-order chi connectivity index (χ0) is 9.14. The largest absolute Gasteiger partial charge is 0.493 e. The van der Waals surface area contributed by atoms with Crippen molar-refractivity contribution in [2.45, 2.75) is 26.7 Å². The second-order valence-electron chi connectivity index (χ2n) is 2.70. The van der Waals surface area contributed by atoms with Crippen molar-refractivity contribution in [2.75, 3.05) is 0 Å². The fraction of sp³-hybridized carbons (Fsp3) is 0.500. The van der Waals surface area contributed by atoms with Crippen molar-refractivity contribution in [2.24, 2.45) is 0 Å². The van der Waals surface area contributed by atoms with Crippen molar-refractivity contribution >= 4 is 0 Å². The molecule has 2 N–H and O–H groups in total. The molecular weight excluding hydrogens is 156 g/mol. The molecule has 0 aliphatic carbocycles. The van der Waals surface area contributed by atoms with Crippen LogP contribution in [0.2, 0.25) is 0 Å². The van der Waals surface area contributed by atoms with E-state index in [2.05, 4.69) is 9.97 Å². The van der Waals surface area contributed by atoms with Crippen molar-refractivity contribution in [3.63, 3.8) is 0 Å². The number of aromatic amines is 1. The minimum absolute atomic E-state index is 0.141. The van der Waals surface area contributed by atoms with Crippen LogP contribution >= 0.6 is 0 Å². The highest BCUT2D eigenvalue weighted by Crippen LogP contribution is 2.09. The Kier molecular flexibility index (Phi) is 2.47. The van der Waals surface area contributed by atoms with E-state index >= 15 is 0 Å². The maximum absolute atomic E-state index is 11.2. The number of hydrogen-bond acceptors (Lipinski definition) is 3. The number of H-pyrrole nitrogens is 1. The molecule has 0 fully saturated rings. The third-order valence-corrected chi connectivity index (χ3v) is 1.61. The predicted octanol–water partition coefficient (Wildman–Crippen LogP) is 0.736. The quantitative estimate of drug-likeness (QED) is 0.684. The van der Waals surface area contributed by atoms with Gasteiger partial charge in [0.1, 0.15) is 5.82 Å². The highest BCUT2D eigenvalue weighted by atomic mass is 16.3. The summed E-state index contributed by atoms with van der Waals surface area (Å²) in [6.45, 7) is 3.58. The number of nitrogens with one attached hydrogen (secondary N) is 1. The molecule has 0 atom stereocenters. The van der Waals surface area contributed by atoms with Gasteiger partial charge in [0, 0.05) is 0 Å². The van der Waals surface area contributed by atoms with Crippen molar-refractivity contribution in [3.8, 4) is 5.88 Å². The summed E-state index contributed by atoms with van der Waals surface area (Å²) in [5.41, 5.74) is 0.143. The number of aromatic nitrogens is 2. The van der Waals surface area contributed by atoms with Crippen LogP contribution in [-0.2, 0) is 6.42 Å². The minimum atomic E-state index is -0.234. The lowest BCUT2D eigenvalue weighted by molar-refractivity contribution is 0.440. The first-order valence-corrected chi connectivity index (χ1v) is 3.94. The molecule has 1 aromatic rings. The molecule has 4 heteroatoms. The first-order chi connectivity index (χ1) is 5.65. The number of aryl methyl sites for hydroxylation is 1. The summed E-state index contributed by atoms with van der Waals surface area (Å²) in [5.74, 6) is 0.301. The lowest BCUT2D eigenvalue weighted by Crippen LogP contribution is -2.15. The summed E-state index contributed by atoms with van der Waals surface area (Å²) < 4.78 is 0. The monoisotopic (exact) mass is 168 g/mol. The molecule has 0 bridgehead atoms. The molecule has 1 heterocycles. The van der Waals surface area contributed by atoms with Gasteiger partial charge in [-0.2, -0.15) is 0 Å². The van der Waals surface area contributed by atoms with Crippen molar-refractivity contribution in [1.29, 1.82) is 0 Å². The Bertz CT molecular complexity index is 330. The van der Waals surface area contributed by atoms with Gasteiger partial charge in [0.15, 0.2) is 0 Å². The van der Waals surface area contributed by atoms with Gasteiger partial charge in [-0.3, -0.25) is 4.79 Å². The van der Waals surface area contributed by atoms with Crippen molar-refractivity contribution < 1.29 is 5.11 Å². The summed E-state index contributed by atoms with van der Waals surface area (Å²) in [5, 5.41) is 9.27. The standard InChI is InChI=1S/C8H12N2O2/c1-3-4-6-7(11)9-5(2)10-8(6)12/h3-4H2,1-2H3,(H2,9,10,11,12). The summed E-state index contributed by atoms with van der Waals surface area (Å²) in [4.78, 5) is 17.5. The number of rotatable bonds is 2. The average Bonchev–Trinajstić information content (AvgIpc) is 1.96. The van der Waals surface area contributed by atoms with E-state index in [1.54, 1.807) is 6.92 Å². The van der Waals surface area contributed by atoms with Gasteiger partial charge < -0.3 is 10.1 Å². The number of hydrogen-bond donors (Lipinski definition) is 2. The van der Waals surface area contributed by atoms with Gasteiger partial charge in [-0.05, 0) is 13.3 Å². The van der Waals surface area contributed by atoms with E-state index in [4.69, 9.17) is 0 Å². The molecule has 66 valence electrons. The Morgan fingerprint density at radius 1 is 1.58 bits per heavy atom. The van der Waals surface area contributed by atoms with Gasteiger partial charge in [-0.25, -0.2) is 4.98 Å². The van der Waals surface area contributed by atoms with E-state index in [1.807, 2.05) is 6.92 Å². The van der Waals surface area contributed by atoms with E-state index in [9.17, 15) is 9.90 Å². The van der Waals surface area contributed by atoms with Crippen LogP contribution in [-0.4, -0.2) is 15.1 Å². The van der Waals surface area contributed by atoms with Crippen LogP contribution in [0.3, 0.4) is 0 Å². The zero-order valence-electron chi connectivity index (χ0n) is 7.22. The smallest absolute Gasteiger partial charge is 0.257 e. The SMILES string of the molecule is CCCc1c(O)nc(C)[nH]c1=O. The van der Waals surface area contributed by atoms with Crippen molar-refractivity contribution in [3.05, 3.63) is 21.7 Å². The molecule has 1 aromatic heterocycles. The molecule has 0 radical (unpaired) electrons. The van der Waals surface area contributed by atoms with Crippen LogP contribution in [0.5, 0.6) is 5.88 Å². The Labute approximate surface area is 70.3 Å². The fourth-order valence-electron chi connectivity index (χ4n) is 1.07. The Balaban J connectivity index is 3.19. The minimum Gasteiger partial charge on any atom is -0.493 e.